The van der Waals surface area contributed by atoms with Crippen LogP contribution in [0.25, 0.3) is 0 Å². The molecular formula is C15H22N2O2. The first-order valence-corrected chi connectivity index (χ1v) is 6.94. The van der Waals surface area contributed by atoms with E-state index < -0.39 is 0 Å². The molecule has 0 aromatic heterocycles. The largest absolute Gasteiger partial charge is 0.494 e. The Bertz CT molecular complexity index is 417. The maximum absolute atomic E-state index is 12.2. The molecule has 1 aromatic carbocycles. The fourth-order valence-electron chi connectivity index (χ4n) is 2.30. The highest BCUT2D eigenvalue weighted by molar-refractivity contribution is 5.93. The van der Waals surface area contributed by atoms with Gasteiger partial charge in [-0.05, 0) is 43.7 Å². The Labute approximate surface area is 114 Å². The summed E-state index contributed by atoms with van der Waals surface area (Å²) >= 11 is 0. The van der Waals surface area contributed by atoms with Crippen LogP contribution < -0.4 is 15.0 Å². The number of rotatable bonds is 3. The maximum Gasteiger partial charge on any atom is 0.228 e. The minimum atomic E-state index is 0.184. The van der Waals surface area contributed by atoms with Gasteiger partial charge in [0.05, 0.1) is 6.61 Å². The molecule has 4 nitrogen and oxygen atoms in total. The molecule has 1 atom stereocenters. The molecule has 1 N–H and O–H groups in total. The van der Waals surface area contributed by atoms with Crippen molar-refractivity contribution in [2.24, 2.45) is 5.92 Å². The summed E-state index contributed by atoms with van der Waals surface area (Å²) in [4.78, 5) is 14.1. The molecule has 0 aliphatic carbocycles. The highest BCUT2D eigenvalue weighted by Gasteiger charge is 2.20. The zero-order chi connectivity index (χ0) is 13.7. The van der Waals surface area contributed by atoms with E-state index in [1.165, 1.54) is 0 Å². The van der Waals surface area contributed by atoms with E-state index in [1.807, 2.05) is 36.1 Å². The van der Waals surface area contributed by atoms with Gasteiger partial charge >= 0.3 is 0 Å². The third kappa shape index (κ3) is 3.70. The Morgan fingerprint density at radius 1 is 1.37 bits per heavy atom. The van der Waals surface area contributed by atoms with Crippen LogP contribution in [0.1, 0.15) is 20.3 Å². The van der Waals surface area contributed by atoms with Gasteiger partial charge in [0.25, 0.3) is 0 Å². The van der Waals surface area contributed by atoms with Crippen molar-refractivity contribution in [3.8, 4) is 5.75 Å². The molecule has 1 aliphatic rings. The Balaban J connectivity index is 2.14. The van der Waals surface area contributed by atoms with E-state index in [0.29, 0.717) is 18.9 Å². The molecule has 0 bridgehead atoms. The van der Waals surface area contributed by atoms with Gasteiger partial charge in [0, 0.05) is 25.2 Å². The second kappa shape index (κ2) is 6.57. The molecule has 1 unspecified atom stereocenters. The van der Waals surface area contributed by atoms with Crippen LogP contribution >= 0.6 is 0 Å². The fourth-order valence-corrected chi connectivity index (χ4v) is 2.30. The van der Waals surface area contributed by atoms with Gasteiger partial charge in [0.2, 0.25) is 5.91 Å². The van der Waals surface area contributed by atoms with E-state index in [-0.39, 0.29) is 5.91 Å². The van der Waals surface area contributed by atoms with Crippen LogP contribution in [0.5, 0.6) is 5.75 Å². The Morgan fingerprint density at radius 2 is 2.11 bits per heavy atom. The number of ether oxygens (including phenoxy) is 1. The molecule has 2 rings (SSSR count). The second-order valence-electron chi connectivity index (χ2n) is 4.99. The van der Waals surface area contributed by atoms with Crippen molar-refractivity contribution in [1.82, 2.24) is 5.32 Å². The SMILES string of the molecule is CCOc1ccc(N2CC(C)CNCCC2=O)cc1. The number of hydrogen-bond donors (Lipinski definition) is 1. The Hall–Kier alpha value is -1.55. The summed E-state index contributed by atoms with van der Waals surface area (Å²) in [5.41, 5.74) is 0.960. The average Bonchev–Trinajstić information content (AvgIpc) is 2.40. The van der Waals surface area contributed by atoms with Crippen LogP contribution in [-0.2, 0) is 4.79 Å². The number of hydrogen-bond acceptors (Lipinski definition) is 3. The monoisotopic (exact) mass is 262 g/mol. The zero-order valence-corrected chi connectivity index (χ0v) is 11.7. The molecular weight excluding hydrogens is 240 g/mol. The fraction of sp³-hybridized carbons (Fsp3) is 0.533. The van der Waals surface area contributed by atoms with Crippen molar-refractivity contribution in [3.63, 3.8) is 0 Å². The first-order valence-electron chi connectivity index (χ1n) is 6.94. The highest BCUT2D eigenvalue weighted by atomic mass is 16.5. The van der Waals surface area contributed by atoms with Crippen LogP contribution in [-0.4, -0.2) is 32.1 Å². The number of anilines is 1. The van der Waals surface area contributed by atoms with Crippen LogP contribution in [0.2, 0.25) is 0 Å². The Morgan fingerprint density at radius 3 is 2.79 bits per heavy atom. The van der Waals surface area contributed by atoms with Crippen LogP contribution in [0.3, 0.4) is 0 Å². The molecule has 4 heteroatoms. The lowest BCUT2D eigenvalue weighted by molar-refractivity contribution is -0.118. The molecule has 1 amide bonds. The van der Waals surface area contributed by atoms with Crippen LogP contribution in [0, 0.1) is 5.92 Å². The molecule has 0 saturated carbocycles. The van der Waals surface area contributed by atoms with Gasteiger partial charge in [0.15, 0.2) is 0 Å². The minimum Gasteiger partial charge on any atom is -0.494 e. The summed E-state index contributed by atoms with van der Waals surface area (Å²) < 4.78 is 5.43. The van der Waals surface area contributed by atoms with Gasteiger partial charge in [-0.2, -0.15) is 0 Å². The molecule has 1 fully saturated rings. The zero-order valence-electron chi connectivity index (χ0n) is 11.7. The number of nitrogens with one attached hydrogen (secondary N) is 1. The molecule has 1 aromatic rings. The van der Waals surface area contributed by atoms with Gasteiger partial charge in [-0.3, -0.25) is 4.79 Å². The van der Waals surface area contributed by atoms with E-state index in [2.05, 4.69) is 12.2 Å². The van der Waals surface area contributed by atoms with E-state index in [4.69, 9.17) is 4.74 Å². The third-order valence-electron chi connectivity index (χ3n) is 3.26. The third-order valence-corrected chi connectivity index (χ3v) is 3.26. The molecule has 0 radical (unpaired) electrons. The van der Waals surface area contributed by atoms with Crippen molar-refractivity contribution in [2.75, 3.05) is 31.1 Å². The quantitative estimate of drug-likeness (QED) is 0.906. The summed E-state index contributed by atoms with van der Waals surface area (Å²) in [6.45, 7) is 7.26. The first kappa shape index (κ1) is 13.9. The first-order chi connectivity index (χ1) is 9.20. The standard InChI is InChI=1S/C15H22N2O2/c1-3-19-14-6-4-13(5-7-14)17-11-12(2)10-16-9-8-15(17)18/h4-7,12,16H,3,8-11H2,1-2H3. The summed E-state index contributed by atoms with van der Waals surface area (Å²) in [5, 5.41) is 3.30. The van der Waals surface area contributed by atoms with Gasteiger partial charge < -0.3 is 15.0 Å². The minimum absolute atomic E-state index is 0.184. The predicted molar refractivity (Wildman–Crippen MR) is 76.6 cm³/mol. The summed E-state index contributed by atoms with van der Waals surface area (Å²) in [6.07, 6.45) is 0.555. The lowest BCUT2D eigenvalue weighted by Crippen LogP contribution is -2.42. The van der Waals surface area contributed by atoms with Crippen molar-refractivity contribution in [2.45, 2.75) is 20.3 Å². The van der Waals surface area contributed by atoms with Gasteiger partial charge in [-0.15, -0.1) is 0 Å². The second-order valence-corrected chi connectivity index (χ2v) is 4.99. The molecule has 1 saturated heterocycles. The van der Waals surface area contributed by atoms with Gasteiger partial charge in [-0.25, -0.2) is 0 Å². The van der Waals surface area contributed by atoms with Crippen LogP contribution in [0.15, 0.2) is 24.3 Å². The van der Waals surface area contributed by atoms with Crippen molar-refractivity contribution in [3.05, 3.63) is 24.3 Å². The highest BCUT2D eigenvalue weighted by Crippen LogP contribution is 2.21. The van der Waals surface area contributed by atoms with Crippen molar-refractivity contribution < 1.29 is 9.53 Å². The van der Waals surface area contributed by atoms with E-state index in [1.54, 1.807) is 0 Å². The topological polar surface area (TPSA) is 41.6 Å². The molecule has 104 valence electrons. The normalized spacial score (nSPS) is 20.8. The predicted octanol–water partition coefficient (Wildman–Crippen LogP) is 2.05. The summed E-state index contributed by atoms with van der Waals surface area (Å²) in [5.74, 6) is 1.49. The maximum atomic E-state index is 12.2. The average molecular weight is 262 g/mol. The number of carbonyl (C=O) groups is 1. The number of carbonyl (C=O) groups excluding carboxylic acids is 1. The number of benzene rings is 1. The number of nitrogens with zero attached hydrogens (tertiary/aromatic N) is 1. The lowest BCUT2D eigenvalue weighted by atomic mass is 10.1. The van der Waals surface area contributed by atoms with E-state index in [9.17, 15) is 4.79 Å². The summed E-state index contributed by atoms with van der Waals surface area (Å²) in [6, 6.07) is 7.77. The smallest absolute Gasteiger partial charge is 0.228 e. The van der Waals surface area contributed by atoms with Gasteiger partial charge in [0.1, 0.15) is 5.75 Å². The Kier molecular flexibility index (Phi) is 4.80. The molecule has 0 spiro atoms. The molecule has 19 heavy (non-hydrogen) atoms. The molecule has 1 heterocycles. The van der Waals surface area contributed by atoms with Crippen molar-refractivity contribution >= 4 is 11.6 Å². The number of amides is 1. The van der Waals surface area contributed by atoms with Crippen molar-refractivity contribution in [1.29, 1.82) is 0 Å². The molecule has 1 aliphatic heterocycles. The van der Waals surface area contributed by atoms with Gasteiger partial charge in [-0.1, -0.05) is 6.92 Å². The van der Waals surface area contributed by atoms with Crippen LogP contribution in [0.4, 0.5) is 5.69 Å². The van der Waals surface area contributed by atoms with E-state index in [0.717, 1.165) is 31.1 Å². The lowest BCUT2D eigenvalue weighted by Gasteiger charge is -2.29. The van der Waals surface area contributed by atoms with E-state index >= 15 is 0 Å². The summed E-state index contributed by atoms with van der Waals surface area (Å²) in [7, 11) is 0.